The van der Waals surface area contributed by atoms with E-state index in [2.05, 4.69) is 29.2 Å². The zero-order valence-electron chi connectivity index (χ0n) is 11.8. The van der Waals surface area contributed by atoms with Crippen LogP contribution in [0.15, 0.2) is 18.2 Å². The Morgan fingerprint density at radius 1 is 1.45 bits per heavy atom. The number of anilines is 1. The summed E-state index contributed by atoms with van der Waals surface area (Å²) in [5.74, 6) is 0.194. The fourth-order valence-corrected chi connectivity index (χ4v) is 1.88. The van der Waals surface area contributed by atoms with Gasteiger partial charge in [0.15, 0.2) is 5.11 Å². The molecular weight excluding hydrogens is 296 g/mol. The molecule has 4 nitrogen and oxygen atoms in total. The van der Waals surface area contributed by atoms with E-state index in [0.717, 1.165) is 13.0 Å². The van der Waals surface area contributed by atoms with Gasteiger partial charge in [-0.25, -0.2) is 4.79 Å². The maximum atomic E-state index is 11.5. The minimum atomic E-state index is -0.414. The van der Waals surface area contributed by atoms with Gasteiger partial charge >= 0.3 is 5.97 Å². The molecule has 0 aliphatic rings. The number of benzene rings is 1. The van der Waals surface area contributed by atoms with Crippen molar-refractivity contribution in [1.82, 2.24) is 5.32 Å². The molecular formula is C14H19ClN2O2S. The molecule has 0 saturated heterocycles. The van der Waals surface area contributed by atoms with Crippen LogP contribution in [-0.4, -0.2) is 24.7 Å². The molecule has 0 radical (unpaired) electrons. The van der Waals surface area contributed by atoms with Crippen LogP contribution in [0.25, 0.3) is 0 Å². The van der Waals surface area contributed by atoms with Gasteiger partial charge in [-0.1, -0.05) is 25.4 Å². The summed E-state index contributed by atoms with van der Waals surface area (Å²) in [6.07, 6.45) is 1.03. The molecule has 1 aromatic rings. The molecule has 0 aromatic heterocycles. The van der Waals surface area contributed by atoms with Crippen molar-refractivity contribution in [3.63, 3.8) is 0 Å². The number of esters is 1. The third-order valence-electron chi connectivity index (χ3n) is 2.64. The van der Waals surface area contributed by atoms with Gasteiger partial charge in [-0.15, -0.1) is 0 Å². The molecule has 0 saturated carbocycles. The van der Waals surface area contributed by atoms with Crippen LogP contribution in [0.4, 0.5) is 5.69 Å². The first kappa shape index (κ1) is 16.7. The summed E-state index contributed by atoms with van der Waals surface area (Å²) in [6.45, 7) is 5.08. The summed E-state index contributed by atoms with van der Waals surface area (Å²) in [5, 5.41) is 7.05. The van der Waals surface area contributed by atoms with E-state index in [1.807, 2.05) is 0 Å². The largest absolute Gasteiger partial charge is 0.465 e. The number of carbonyl (C=O) groups excluding carboxylic acids is 1. The number of rotatable bonds is 5. The molecule has 1 rings (SSSR count). The van der Waals surface area contributed by atoms with Crippen molar-refractivity contribution in [3.05, 3.63) is 28.8 Å². The van der Waals surface area contributed by atoms with E-state index in [1.54, 1.807) is 18.2 Å². The van der Waals surface area contributed by atoms with Crippen molar-refractivity contribution in [2.75, 3.05) is 19.0 Å². The molecule has 2 N–H and O–H groups in total. The van der Waals surface area contributed by atoms with Gasteiger partial charge in [-0.05, 0) is 42.8 Å². The van der Waals surface area contributed by atoms with Crippen LogP contribution in [0.5, 0.6) is 0 Å². The highest BCUT2D eigenvalue weighted by atomic mass is 35.5. The van der Waals surface area contributed by atoms with Gasteiger partial charge < -0.3 is 15.4 Å². The van der Waals surface area contributed by atoms with Crippen LogP contribution < -0.4 is 10.6 Å². The molecule has 0 amide bonds. The quantitative estimate of drug-likeness (QED) is 0.644. The average molecular weight is 315 g/mol. The van der Waals surface area contributed by atoms with E-state index in [1.165, 1.54) is 7.11 Å². The summed E-state index contributed by atoms with van der Waals surface area (Å²) in [5.41, 5.74) is 1.00. The molecule has 0 atom stereocenters. The second-order valence-electron chi connectivity index (χ2n) is 4.75. The lowest BCUT2D eigenvalue weighted by Crippen LogP contribution is -2.30. The Morgan fingerprint density at radius 3 is 2.75 bits per heavy atom. The Labute approximate surface area is 129 Å². The van der Waals surface area contributed by atoms with Crippen LogP contribution in [0.2, 0.25) is 5.02 Å². The first-order chi connectivity index (χ1) is 9.43. The second kappa shape index (κ2) is 8.07. The van der Waals surface area contributed by atoms with E-state index in [4.69, 9.17) is 23.8 Å². The van der Waals surface area contributed by atoms with Crippen LogP contribution >= 0.6 is 23.8 Å². The monoisotopic (exact) mass is 314 g/mol. The van der Waals surface area contributed by atoms with Gasteiger partial charge in [0.2, 0.25) is 0 Å². The fourth-order valence-electron chi connectivity index (χ4n) is 1.51. The zero-order chi connectivity index (χ0) is 15.1. The molecule has 0 aliphatic heterocycles. The van der Waals surface area contributed by atoms with Crippen molar-refractivity contribution >= 4 is 40.6 Å². The topological polar surface area (TPSA) is 50.4 Å². The smallest absolute Gasteiger partial charge is 0.337 e. The molecule has 110 valence electrons. The SMILES string of the molecule is COC(=O)c1ccc(Cl)c(NC(=S)NCCC(C)C)c1. The molecule has 1 aromatic carbocycles. The Morgan fingerprint density at radius 2 is 2.15 bits per heavy atom. The molecule has 0 bridgehead atoms. The number of hydrogen-bond donors (Lipinski definition) is 2. The second-order valence-corrected chi connectivity index (χ2v) is 5.57. The summed E-state index contributed by atoms with van der Waals surface area (Å²) >= 11 is 11.3. The average Bonchev–Trinajstić information content (AvgIpc) is 2.40. The predicted octanol–water partition coefficient (Wildman–Crippen LogP) is 3.46. The third kappa shape index (κ3) is 5.35. The number of carbonyl (C=O) groups is 1. The van der Waals surface area contributed by atoms with Gasteiger partial charge in [0.1, 0.15) is 0 Å². The highest BCUT2D eigenvalue weighted by Crippen LogP contribution is 2.23. The van der Waals surface area contributed by atoms with Gasteiger partial charge in [0.25, 0.3) is 0 Å². The van der Waals surface area contributed by atoms with Crippen molar-refractivity contribution in [3.8, 4) is 0 Å². The minimum Gasteiger partial charge on any atom is -0.465 e. The van der Waals surface area contributed by atoms with E-state index in [-0.39, 0.29) is 0 Å². The molecule has 0 unspecified atom stereocenters. The number of hydrogen-bond acceptors (Lipinski definition) is 3. The summed E-state index contributed by atoms with van der Waals surface area (Å²) in [6, 6.07) is 4.85. The zero-order valence-corrected chi connectivity index (χ0v) is 13.4. The van der Waals surface area contributed by atoms with Gasteiger partial charge in [0.05, 0.1) is 23.4 Å². The Balaban J connectivity index is 2.66. The van der Waals surface area contributed by atoms with Crippen molar-refractivity contribution in [1.29, 1.82) is 0 Å². The highest BCUT2D eigenvalue weighted by Gasteiger charge is 2.09. The van der Waals surface area contributed by atoms with Crippen molar-refractivity contribution < 1.29 is 9.53 Å². The first-order valence-corrected chi connectivity index (χ1v) is 7.15. The first-order valence-electron chi connectivity index (χ1n) is 6.36. The Bertz CT molecular complexity index is 492. The predicted molar refractivity (Wildman–Crippen MR) is 86.5 cm³/mol. The Kier molecular flexibility index (Phi) is 6.75. The van der Waals surface area contributed by atoms with Crippen molar-refractivity contribution in [2.45, 2.75) is 20.3 Å². The standard InChI is InChI=1S/C14H19ClN2O2S/c1-9(2)6-7-16-14(20)17-12-8-10(13(18)19-3)4-5-11(12)15/h4-5,8-9H,6-7H2,1-3H3,(H2,16,17,20). The molecule has 0 aliphatic carbocycles. The van der Waals surface area contributed by atoms with Gasteiger partial charge in [-0.2, -0.15) is 0 Å². The minimum absolute atomic E-state index is 0.414. The molecule has 0 spiro atoms. The lowest BCUT2D eigenvalue weighted by atomic mass is 10.1. The van der Waals surface area contributed by atoms with Crippen molar-refractivity contribution in [2.24, 2.45) is 5.92 Å². The maximum Gasteiger partial charge on any atom is 0.337 e. The van der Waals surface area contributed by atoms with E-state index < -0.39 is 5.97 Å². The number of halogens is 1. The highest BCUT2D eigenvalue weighted by molar-refractivity contribution is 7.80. The fraction of sp³-hybridized carbons (Fsp3) is 0.429. The lowest BCUT2D eigenvalue weighted by molar-refractivity contribution is 0.0601. The molecule has 6 heteroatoms. The lowest BCUT2D eigenvalue weighted by Gasteiger charge is -2.13. The number of ether oxygens (including phenoxy) is 1. The van der Waals surface area contributed by atoms with Gasteiger partial charge in [-0.3, -0.25) is 0 Å². The molecule has 0 fully saturated rings. The van der Waals surface area contributed by atoms with Crippen LogP contribution in [0.1, 0.15) is 30.6 Å². The van der Waals surface area contributed by atoms with E-state index >= 15 is 0 Å². The summed E-state index contributed by atoms with van der Waals surface area (Å²) in [7, 11) is 1.34. The number of nitrogens with one attached hydrogen (secondary N) is 2. The number of thiocarbonyl (C=S) groups is 1. The molecule has 20 heavy (non-hydrogen) atoms. The van der Waals surface area contributed by atoms with E-state index in [0.29, 0.717) is 27.3 Å². The normalized spacial score (nSPS) is 10.2. The third-order valence-corrected chi connectivity index (χ3v) is 3.22. The van der Waals surface area contributed by atoms with Crippen LogP contribution in [0.3, 0.4) is 0 Å². The summed E-state index contributed by atoms with van der Waals surface area (Å²) < 4.78 is 4.67. The maximum absolute atomic E-state index is 11.5. The molecule has 0 heterocycles. The van der Waals surface area contributed by atoms with Crippen LogP contribution in [0, 0.1) is 5.92 Å². The Hall–Kier alpha value is -1.33. The summed E-state index contributed by atoms with van der Waals surface area (Å²) in [4.78, 5) is 11.5. The van der Waals surface area contributed by atoms with Gasteiger partial charge in [0, 0.05) is 6.54 Å². The van der Waals surface area contributed by atoms with E-state index in [9.17, 15) is 4.79 Å². The van der Waals surface area contributed by atoms with Crippen LogP contribution in [-0.2, 0) is 4.74 Å². The number of methoxy groups -OCH3 is 1.